The van der Waals surface area contributed by atoms with Gasteiger partial charge in [-0.25, -0.2) is 4.98 Å². The molecule has 1 aliphatic carbocycles. The highest BCUT2D eigenvalue weighted by atomic mass is 35.5. The van der Waals surface area contributed by atoms with Gasteiger partial charge < -0.3 is 15.0 Å². The van der Waals surface area contributed by atoms with E-state index in [2.05, 4.69) is 24.1 Å². The summed E-state index contributed by atoms with van der Waals surface area (Å²) in [5, 5.41) is 3.04. The third-order valence-electron chi connectivity index (χ3n) is 6.27. The highest BCUT2D eigenvalue weighted by Gasteiger charge is 2.42. The molecule has 164 valence electrons. The Morgan fingerprint density at radius 2 is 2.03 bits per heavy atom. The molecule has 0 bridgehead atoms. The Morgan fingerprint density at radius 3 is 2.73 bits per heavy atom. The van der Waals surface area contributed by atoms with Crippen LogP contribution in [0, 0.1) is 17.8 Å². The van der Waals surface area contributed by atoms with Gasteiger partial charge in [-0.3, -0.25) is 14.4 Å². The lowest BCUT2D eigenvalue weighted by Gasteiger charge is -2.39. The van der Waals surface area contributed by atoms with E-state index in [0.717, 1.165) is 12.8 Å². The minimum Gasteiger partial charge on any atom is -0.452 e. The van der Waals surface area contributed by atoms with E-state index >= 15 is 0 Å². The molecule has 1 saturated heterocycles. The smallest absolute Gasteiger partial charge is 0.312 e. The van der Waals surface area contributed by atoms with Crippen molar-refractivity contribution in [2.75, 3.05) is 11.9 Å². The van der Waals surface area contributed by atoms with Gasteiger partial charge in [-0.2, -0.15) is 0 Å². The van der Waals surface area contributed by atoms with Gasteiger partial charge in [0.05, 0.1) is 16.0 Å². The standard InChI is InChI=1S/C21H27Cl2N3O4/c1-11-5-4-6-17(12(11)2)26-10-14(7-18(26)27)21(29)30-13(3)20(28)25-19-16(23)8-15(22)9-24-19/h8-9,11-14,17H,4-7,10H2,1-3H3,(H,24,25,28)/t11-,12+,13-,14+,17+/m0/s1. The molecule has 7 nitrogen and oxygen atoms in total. The second-order valence-electron chi connectivity index (χ2n) is 8.33. The summed E-state index contributed by atoms with van der Waals surface area (Å²) in [6.45, 7) is 6.20. The number of anilines is 1. The SMILES string of the molecule is C[C@H]1[C@H](N2C[C@H](C(=O)O[C@@H](C)C(=O)Nc3ncc(Cl)cc3Cl)CC2=O)CCC[C@@H]1C. The zero-order valence-electron chi connectivity index (χ0n) is 17.4. The van der Waals surface area contributed by atoms with Crippen molar-refractivity contribution >= 4 is 46.8 Å². The summed E-state index contributed by atoms with van der Waals surface area (Å²) >= 11 is 11.8. The fourth-order valence-corrected chi connectivity index (χ4v) is 4.68. The molecular formula is C21H27Cl2N3O4. The fourth-order valence-electron chi connectivity index (χ4n) is 4.25. The molecule has 1 N–H and O–H groups in total. The molecule has 0 radical (unpaired) electrons. The van der Waals surface area contributed by atoms with Crippen LogP contribution in [0.25, 0.3) is 0 Å². The first-order valence-electron chi connectivity index (χ1n) is 10.3. The monoisotopic (exact) mass is 455 g/mol. The Hall–Kier alpha value is -1.86. The van der Waals surface area contributed by atoms with E-state index in [9.17, 15) is 14.4 Å². The van der Waals surface area contributed by atoms with Crippen molar-refractivity contribution in [3.05, 3.63) is 22.3 Å². The summed E-state index contributed by atoms with van der Waals surface area (Å²) in [7, 11) is 0. The van der Waals surface area contributed by atoms with Gasteiger partial charge in [-0.1, -0.05) is 49.9 Å². The number of ether oxygens (including phenoxy) is 1. The minimum absolute atomic E-state index is 0.0165. The van der Waals surface area contributed by atoms with E-state index in [1.807, 2.05) is 4.90 Å². The van der Waals surface area contributed by atoms with E-state index in [4.69, 9.17) is 27.9 Å². The van der Waals surface area contributed by atoms with Crippen LogP contribution < -0.4 is 5.32 Å². The number of aromatic nitrogens is 1. The van der Waals surface area contributed by atoms with Crippen LogP contribution in [0.1, 0.15) is 46.5 Å². The van der Waals surface area contributed by atoms with E-state index in [-0.39, 0.29) is 29.2 Å². The average Bonchev–Trinajstić information content (AvgIpc) is 3.07. The summed E-state index contributed by atoms with van der Waals surface area (Å²) < 4.78 is 5.34. The normalized spacial score (nSPS) is 27.6. The van der Waals surface area contributed by atoms with Crippen LogP contribution in [-0.4, -0.2) is 46.4 Å². The molecule has 5 atom stereocenters. The molecule has 2 aliphatic rings. The van der Waals surface area contributed by atoms with Crippen LogP contribution in [-0.2, 0) is 19.1 Å². The predicted molar refractivity (Wildman–Crippen MR) is 114 cm³/mol. The molecule has 3 rings (SSSR count). The number of likely N-dealkylation sites (tertiary alicyclic amines) is 1. The Labute approximate surface area is 186 Å². The van der Waals surface area contributed by atoms with Gasteiger partial charge in [0.15, 0.2) is 11.9 Å². The number of esters is 1. The Morgan fingerprint density at radius 1 is 1.30 bits per heavy atom. The van der Waals surface area contributed by atoms with Crippen LogP contribution in [0.4, 0.5) is 5.82 Å². The third kappa shape index (κ3) is 5.06. The summed E-state index contributed by atoms with van der Waals surface area (Å²) in [6.07, 6.45) is 3.65. The summed E-state index contributed by atoms with van der Waals surface area (Å²) in [5.74, 6) is -0.585. The first-order valence-corrected chi connectivity index (χ1v) is 11.0. The van der Waals surface area contributed by atoms with Crippen molar-refractivity contribution in [3.8, 4) is 0 Å². The molecule has 1 aromatic rings. The number of halogens is 2. The van der Waals surface area contributed by atoms with Crippen LogP contribution in [0.3, 0.4) is 0 Å². The van der Waals surface area contributed by atoms with Crippen LogP contribution in [0.15, 0.2) is 12.3 Å². The average molecular weight is 456 g/mol. The van der Waals surface area contributed by atoms with Gasteiger partial charge in [-0.05, 0) is 31.2 Å². The van der Waals surface area contributed by atoms with E-state index in [1.54, 1.807) is 0 Å². The number of nitrogens with zero attached hydrogens (tertiary/aromatic N) is 2. The number of amides is 2. The van der Waals surface area contributed by atoms with Gasteiger partial charge in [-0.15, -0.1) is 0 Å². The van der Waals surface area contributed by atoms with Gasteiger partial charge in [0.1, 0.15) is 0 Å². The Bertz CT molecular complexity index is 834. The molecule has 0 unspecified atom stereocenters. The molecule has 1 aromatic heterocycles. The first-order chi connectivity index (χ1) is 14.2. The minimum atomic E-state index is -1.05. The first kappa shape index (κ1) is 22.8. The summed E-state index contributed by atoms with van der Waals surface area (Å²) in [5.41, 5.74) is 0. The second kappa shape index (κ2) is 9.52. The maximum Gasteiger partial charge on any atom is 0.312 e. The maximum atomic E-state index is 12.6. The molecule has 1 saturated carbocycles. The van der Waals surface area contributed by atoms with E-state index < -0.39 is 23.9 Å². The topological polar surface area (TPSA) is 88.6 Å². The lowest BCUT2D eigenvalue weighted by molar-refractivity contribution is -0.157. The number of carbonyl (C=O) groups is 3. The Kier molecular flexibility index (Phi) is 7.24. The number of pyridine rings is 1. The van der Waals surface area contributed by atoms with Crippen molar-refractivity contribution in [1.82, 2.24) is 9.88 Å². The van der Waals surface area contributed by atoms with Crippen LogP contribution in [0.2, 0.25) is 10.0 Å². The highest BCUT2D eigenvalue weighted by molar-refractivity contribution is 6.36. The van der Waals surface area contributed by atoms with Crippen molar-refractivity contribution < 1.29 is 19.1 Å². The third-order valence-corrected chi connectivity index (χ3v) is 6.76. The zero-order valence-corrected chi connectivity index (χ0v) is 18.9. The van der Waals surface area contributed by atoms with Crippen LogP contribution in [0.5, 0.6) is 0 Å². The molecule has 2 fully saturated rings. The van der Waals surface area contributed by atoms with Gasteiger partial charge >= 0.3 is 5.97 Å². The maximum absolute atomic E-state index is 12.6. The molecule has 2 heterocycles. The molecule has 2 amide bonds. The zero-order chi connectivity index (χ0) is 22.0. The summed E-state index contributed by atoms with van der Waals surface area (Å²) in [4.78, 5) is 43.3. The molecule has 0 spiro atoms. The van der Waals surface area contributed by atoms with E-state index in [0.29, 0.717) is 23.4 Å². The van der Waals surface area contributed by atoms with Gasteiger partial charge in [0, 0.05) is 25.2 Å². The van der Waals surface area contributed by atoms with Gasteiger partial charge in [0.25, 0.3) is 5.91 Å². The van der Waals surface area contributed by atoms with Gasteiger partial charge in [0.2, 0.25) is 5.91 Å². The largest absolute Gasteiger partial charge is 0.452 e. The molecule has 0 aromatic carbocycles. The van der Waals surface area contributed by atoms with Crippen molar-refractivity contribution in [1.29, 1.82) is 0 Å². The quantitative estimate of drug-likeness (QED) is 0.679. The van der Waals surface area contributed by atoms with E-state index in [1.165, 1.54) is 25.6 Å². The van der Waals surface area contributed by atoms with Crippen molar-refractivity contribution in [2.24, 2.45) is 17.8 Å². The number of carbonyl (C=O) groups excluding carboxylic acids is 3. The molecular weight excluding hydrogens is 429 g/mol. The van der Waals surface area contributed by atoms with Crippen molar-refractivity contribution in [3.63, 3.8) is 0 Å². The molecule has 9 heteroatoms. The summed E-state index contributed by atoms with van der Waals surface area (Å²) in [6, 6.07) is 1.62. The van der Waals surface area contributed by atoms with Crippen LogP contribution >= 0.6 is 23.2 Å². The number of rotatable bonds is 5. The Balaban J connectivity index is 1.56. The molecule has 30 heavy (non-hydrogen) atoms. The lowest BCUT2D eigenvalue weighted by Crippen LogP contribution is -2.45. The molecule has 1 aliphatic heterocycles. The fraction of sp³-hybridized carbons (Fsp3) is 0.619. The lowest BCUT2D eigenvalue weighted by atomic mass is 9.77. The predicted octanol–water partition coefficient (Wildman–Crippen LogP) is 3.93. The highest BCUT2D eigenvalue weighted by Crippen LogP contribution is 2.36. The number of hydrogen-bond donors (Lipinski definition) is 1. The second-order valence-corrected chi connectivity index (χ2v) is 9.18. The number of nitrogens with one attached hydrogen (secondary N) is 1. The number of hydrogen-bond acceptors (Lipinski definition) is 5. The van der Waals surface area contributed by atoms with Crippen molar-refractivity contribution in [2.45, 2.75) is 58.6 Å².